The molecule has 5 heteroatoms. The van der Waals surface area contributed by atoms with Gasteiger partial charge in [-0.25, -0.2) is 0 Å². The van der Waals surface area contributed by atoms with Gasteiger partial charge < -0.3 is 4.52 Å². The van der Waals surface area contributed by atoms with Gasteiger partial charge in [-0.2, -0.15) is 16.7 Å². The molecule has 1 aliphatic rings. The zero-order chi connectivity index (χ0) is 9.10. The van der Waals surface area contributed by atoms with E-state index in [1.54, 1.807) is 0 Å². The van der Waals surface area contributed by atoms with Crippen LogP contribution < -0.4 is 0 Å². The summed E-state index contributed by atoms with van der Waals surface area (Å²) in [5.74, 6) is 4.16. The third kappa shape index (κ3) is 2.71. The Bertz CT molecular complexity index is 273. The van der Waals surface area contributed by atoms with E-state index >= 15 is 0 Å². The molecule has 3 nitrogen and oxygen atoms in total. The van der Waals surface area contributed by atoms with Gasteiger partial charge in [0.25, 0.3) is 4.80 Å². The van der Waals surface area contributed by atoms with Crippen molar-refractivity contribution < 1.29 is 4.52 Å². The third-order valence-corrected chi connectivity index (χ3v) is 3.63. The Morgan fingerprint density at radius 2 is 2.23 bits per heavy atom. The molecule has 2 heterocycles. The Kier molecular flexibility index (Phi) is 3.27. The third-order valence-electron chi connectivity index (χ3n) is 2.26. The van der Waals surface area contributed by atoms with Crippen molar-refractivity contribution in [2.24, 2.45) is 5.92 Å². The smallest absolute Gasteiger partial charge is 0.293 e. The van der Waals surface area contributed by atoms with Crippen molar-refractivity contribution >= 4 is 27.7 Å². The van der Waals surface area contributed by atoms with Gasteiger partial charge in [0.05, 0.1) is 0 Å². The molecule has 72 valence electrons. The molecule has 1 saturated heterocycles. The van der Waals surface area contributed by atoms with Gasteiger partial charge in [0.15, 0.2) is 5.82 Å². The highest BCUT2D eigenvalue weighted by Gasteiger charge is 2.16. The van der Waals surface area contributed by atoms with Crippen molar-refractivity contribution in [1.29, 1.82) is 0 Å². The van der Waals surface area contributed by atoms with E-state index in [0.717, 1.165) is 18.2 Å². The molecule has 0 N–H and O–H groups in total. The lowest BCUT2D eigenvalue weighted by atomic mass is 9.99. The lowest BCUT2D eigenvalue weighted by Crippen LogP contribution is -2.12. The fourth-order valence-corrected chi connectivity index (χ4v) is 3.01. The molecule has 1 aliphatic heterocycles. The van der Waals surface area contributed by atoms with Crippen LogP contribution in [0.15, 0.2) is 9.32 Å². The minimum Gasteiger partial charge on any atom is -0.327 e. The lowest BCUT2D eigenvalue weighted by Gasteiger charge is -2.19. The molecule has 1 aromatic rings. The summed E-state index contributed by atoms with van der Waals surface area (Å²) in [6, 6.07) is 0. The van der Waals surface area contributed by atoms with Gasteiger partial charge in [0, 0.05) is 22.4 Å². The maximum Gasteiger partial charge on any atom is 0.293 e. The monoisotopic (exact) mass is 262 g/mol. The number of aromatic nitrogens is 2. The van der Waals surface area contributed by atoms with Gasteiger partial charge in [0.1, 0.15) is 0 Å². The SMILES string of the molecule is Brc1nc(CC2CCSCC2)no1. The second-order valence-corrected chi connectivity index (χ2v) is 5.13. The molecular weight excluding hydrogens is 252 g/mol. The fraction of sp³-hybridized carbons (Fsp3) is 0.750. The summed E-state index contributed by atoms with van der Waals surface area (Å²) in [6.45, 7) is 0. The average Bonchev–Trinajstić information content (AvgIpc) is 2.53. The van der Waals surface area contributed by atoms with Crippen molar-refractivity contribution in [1.82, 2.24) is 10.1 Å². The first-order valence-corrected chi connectivity index (χ1v) is 6.35. The summed E-state index contributed by atoms with van der Waals surface area (Å²) < 4.78 is 4.86. The van der Waals surface area contributed by atoms with E-state index in [9.17, 15) is 0 Å². The summed E-state index contributed by atoms with van der Waals surface area (Å²) in [5.41, 5.74) is 0. The van der Waals surface area contributed by atoms with Crippen LogP contribution >= 0.6 is 27.7 Å². The normalized spacial score (nSPS) is 19.2. The molecule has 2 rings (SSSR count). The number of halogens is 1. The van der Waals surface area contributed by atoms with E-state index in [4.69, 9.17) is 4.52 Å². The van der Waals surface area contributed by atoms with Crippen LogP contribution in [0, 0.1) is 5.92 Å². The van der Waals surface area contributed by atoms with E-state index in [0.29, 0.717) is 4.80 Å². The highest BCUT2D eigenvalue weighted by atomic mass is 79.9. The predicted molar refractivity (Wildman–Crippen MR) is 55.8 cm³/mol. The molecule has 0 bridgehead atoms. The summed E-state index contributed by atoms with van der Waals surface area (Å²) in [7, 11) is 0. The standard InChI is InChI=1S/C8H11BrN2OS/c9-8-10-7(11-12-8)5-6-1-3-13-4-2-6/h6H,1-5H2. The van der Waals surface area contributed by atoms with Crippen molar-refractivity contribution in [3.8, 4) is 0 Å². The molecule has 0 saturated carbocycles. The molecule has 0 spiro atoms. The zero-order valence-corrected chi connectivity index (χ0v) is 9.60. The van der Waals surface area contributed by atoms with Gasteiger partial charge in [-0.15, -0.1) is 0 Å². The number of hydrogen-bond acceptors (Lipinski definition) is 4. The van der Waals surface area contributed by atoms with Crippen LogP contribution in [0.3, 0.4) is 0 Å². The molecule has 0 unspecified atom stereocenters. The van der Waals surface area contributed by atoms with Gasteiger partial charge in [-0.1, -0.05) is 5.16 Å². The molecule has 1 fully saturated rings. The Balaban J connectivity index is 1.89. The second-order valence-electron chi connectivity index (χ2n) is 3.22. The predicted octanol–water partition coefficient (Wildman–Crippen LogP) is 2.52. The maximum absolute atomic E-state index is 4.86. The Morgan fingerprint density at radius 3 is 2.85 bits per heavy atom. The van der Waals surface area contributed by atoms with Crippen LogP contribution in [0.1, 0.15) is 18.7 Å². The molecule has 0 amide bonds. The molecule has 0 atom stereocenters. The van der Waals surface area contributed by atoms with E-state index in [2.05, 4.69) is 26.1 Å². The maximum atomic E-state index is 4.86. The van der Waals surface area contributed by atoms with Crippen molar-refractivity contribution in [2.45, 2.75) is 19.3 Å². The highest BCUT2D eigenvalue weighted by molar-refractivity contribution is 9.10. The first-order valence-electron chi connectivity index (χ1n) is 4.40. The number of rotatable bonds is 2. The van der Waals surface area contributed by atoms with Crippen molar-refractivity contribution in [2.75, 3.05) is 11.5 Å². The van der Waals surface area contributed by atoms with E-state index < -0.39 is 0 Å². The number of hydrogen-bond donors (Lipinski definition) is 0. The topological polar surface area (TPSA) is 38.9 Å². The molecule has 0 radical (unpaired) electrons. The molecule has 1 aromatic heterocycles. The van der Waals surface area contributed by atoms with Gasteiger partial charge in [-0.05, 0) is 30.3 Å². The summed E-state index contributed by atoms with van der Waals surface area (Å²) in [6.07, 6.45) is 3.54. The fourth-order valence-electron chi connectivity index (χ4n) is 1.52. The summed E-state index contributed by atoms with van der Waals surface area (Å²) >= 11 is 5.19. The molecule has 0 aliphatic carbocycles. The van der Waals surface area contributed by atoms with Crippen molar-refractivity contribution in [3.63, 3.8) is 0 Å². The average molecular weight is 263 g/mol. The first kappa shape index (κ1) is 9.52. The van der Waals surface area contributed by atoms with Crippen LogP contribution in [0.2, 0.25) is 0 Å². The number of nitrogens with zero attached hydrogens (tertiary/aromatic N) is 2. The first-order chi connectivity index (χ1) is 6.34. The Labute approximate surface area is 89.8 Å². The van der Waals surface area contributed by atoms with Crippen LogP contribution in [-0.2, 0) is 6.42 Å². The molecule has 0 aromatic carbocycles. The lowest BCUT2D eigenvalue weighted by molar-refractivity contribution is 0.381. The van der Waals surface area contributed by atoms with Crippen molar-refractivity contribution in [3.05, 3.63) is 10.6 Å². The van der Waals surface area contributed by atoms with Gasteiger partial charge in [-0.3, -0.25) is 0 Å². The van der Waals surface area contributed by atoms with Crippen LogP contribution in [0.5, 0.6) is 0 Å². The highest BCUT2D eigenvalue weighted by Crippen LogP contribution is 2.25. The van der Waals surface area contributed by atoms with Gasteiger partial charge in [0.2, 0.25) is 0 Å². The quantitative estimate of drug-likeness (QED) is 0.821. The van der Waals surface area contributed by atoms with Gasteiger partial charge >= 0.3 is 0 Å². The summed E-state index contributed by atoms with van der Waals surface area (Å²) in [4.78, 5) is 4.63. The van der Waals surface area contributed by atoms with Crippen LogP contribution in [0.4, 0.5) is 0 Å². The Hall–Kier alpha value is -0.0300. The second kappa shape index (κ2) is 4.46. The van der Waals surface area contributed by atoms with E-state index in [1.165, 1.54) is 24.3 Å². The molecule has 13 heavy (non-hydrogen) atoms. The minimum absolute atomic E-state index is 0.493. The van der Waals surface area contributed by atoms with Crippen LogP contribution in [0.25, 0.3) is 0 Å². The zero-order valence-electron chi connectivity index (χ0n) is 7.20. The van der Waals surface area contributed by atoms with E-state index in [1.807, 2.05) is 11.8 Å². The number of thioether (sulfide) groups is 1. The Morgan fingerprint density at radius 1 is 1.46 bits per heavy atom. The molecular formula is C8H11BrN2OS. The van der Waals surface area contributed by atoms with Crippen LogP contribution in [-0.4, -0.2) is 21.6 Å². The largest absolute Gasteiger partial charge is 0.327 e. The van der Waals surface area contributed by atoms with E-state index in [-0.39, 0.29) is 0 Å². The summed E-state index contributed by atoms with van der Waals surface area (Å²) in [5, 5.41) is 3.87. The minimum atomic E-state index is 0.493.